The zero-order valence-corrected chi connectivity index (χ0v) is 30.2. The lowest BCUT2D eigenvalue weighted by atomic mass is 9.95. The molecular weight excluding hydrogens is 691 g/mol. The molecule has 0 bridgehead atoms. The van der Waals surface area contributed by atoms with Crippen molar-refractivity contribution in [1.29, 1.82) is 0 Å². The highest BCUT2D eigenvalue weighted by molar-refractivity contribution is 7.26. The highest BCUT2D eigenvalue weighted by Gasteiger charge is 2.22. The molecule has 0 radical (unpaired) electrons. The molecule has 0 atom stereocenters. The summed E-state index contributed by atoms with van der Waals surface area (Å²) < 4.78 is 11.3. The molecule has 55 heavy (non-hydrogen) atoms. The number of rotatable bonds is 4. The Morgan fingerprint density at radius 2 is 1.18 bits per heavy atom. The van der Waals surface area contributed by atoms with Gasteiger partial charge in [0.05, 0.1) is 26.9 Å². The van der Waals surface area contributed by atoms with Crippen molar-refractivity contribution >= 4 is 86.2 Å². The molecule has 0 N–H and O–H groups in total. The maximum absolute atomic E-state index is 6.59. The lowest BCUT2D eigenvalue weighted by Gasteiger charge is -2.13. The predicted molar refractivity (Wildman–Crippen MR) is 230 cm³/mol. The lowest BCUT2D eigenvalue weighted by Crippen LogP contribution is -1.95. The van der Waals surface area contributed by atoms with Gasteiger partial charge in [-0.05, 0) is 59.0 Å². The van der Waals surface area contributed by atoms with Crippen molar-refractivity contribution in [2.45, 2.75) is 0 Å². The van der Waals surface area contributed by atoms with Crippen LogP contribution in [0.4, 0.5) is 0 Å². The quantitative estimate of drug-likeness (QED) is 0.182. The summed E-state index contributed by atoms with van der Waals surface area (Å²) in [4.78, 5) is 10.7. The summed E-state index contributed by atoms with van der Waals surface area (Å²) in [6.45, 7) is 0. The van der Waals surface area contributed by atoms with Gasteiger partial charge < -0.3 is 8.98 Å². The zero-order chi connectivity index (χ0) is 36.0. The molecule has 0 aliphatic carbocycles. The van der Waals surface area contributed by atoms with E-state index in [1.807, 2.05) is 18.2 Å². The molecule has 0 aliphatic rings. The average Bonchev–Trinajstić information content (AvgIpc) is 3.93. The molecule has 0 saturated carbocycles. The first kappa shape index (κ1) is 30.4. The van der Waals surface area contributed by atoms with Gasteiger partial charge in [-0.15, -0.1) is 11.3 Å². The number of fused-ring (bicyclic) bond motifs is 11. The van der Waals surface area contributed by atoms with E-state index in [1.54, 1.807) is 11.3 Å². The number of aromatic nitrogens is 3. The van der Waals surface area contributed by atoms with Gasteiger partial charge in [0.2, 0.25) is 0 Å². The van der Waals surface area contributed by atoms with Crippen molar-refractivity contribution in [2.24, 2.45) is 0 Å². The number of para-hydroxylation sites is 1. The molecule has 0 saturated heterocycles. The molecule has 0 unspecified atom stereocenters. The fraction of sp³-hybridized carbons (Fsp3) is 0. The molecule has 0 amide bonds. The smallest absolute Gasteiger partial charge is 0.161 e. The molecule has 0 fully saturated rings. The third-order valence-electron chi connectivity index (χ3n) is 11.0. The van der Waals surface area contributed by atoms with E-state index in [9.17, 15) is 0 Å². The summed E-state index contributed by atoms with van der Waals surface area (Å²) in [5, 5.41) is 8.06. The van der Waals surface area contributed by atoms with Gasteiger partial charge >= 0.3 is 0 Å². The van der Waals surface area contributed by atoms with Gasteiger partial charge in [-0.3, -0.25) is 0 Å². The maximum atomic E-state index is 6.59. The number of thiophene rings is 1. The minimum atomic E-state index is 0.685. The molecule has 0 aliphatic heterocycles. The highest BCUT2D eigenvalue weighted by atomic mass is 32.1. The molecule has 12 aromatic rings. The van der Waals surface area contributed by atoms with Gasteiger partial charge in [-0.1, -0.05) is 133 Å². The number of benzene rings is 8. The Kier molecular flexibility index (Phi) is 6.47. The second-order valence-corrected chi connectivity index (χ2v) is 15.1. The Labute approximate surface area is 319 Å². The monoisotopic (exact) mass is 719 g/mol. The van der Waals surface area contributed by atoms with Crippen molar-refractivity contribution in [2.75, 3.05) is 0 Å². The third-order valence-corrected chi connectivity index (χ3v) is 12.2. The van der Waals surface area contributed by atoms with Crippen molar-refractivity contribution < 1.29 is 4.42 Å². The second-order valence-electron chi connectivity index (χ2n) is 14.1. The van der Waals surface area contributed by atoms with E-state index >= 15 is 0 Å². The first-order valence-electron chi connectivity index (χ1n) is 18.5. The molecule has 8 aromatic carbocycles. The fourth-order valence-corrected chi connectivity index (χ4v) is 9.74. The molecule has 4 heterocycles. The second kappa shape index (κ2) is 11.7. The van der Waals surface area contributed by atoms with Crippen LogP contribution in [0.5, 0.6) is 0 Å². The van der Waals surface area contributed by atoms with Gasteiger partial charge in [0.15, 0.2) is 5.82 Å². The predicted octanol–water partition coefficient (Wildman–Crippen LogP) is 14.0. The van der Waals surface area contributed by atoms with Crippen molar-refractivity contribution in [1.82, 2.24) is 14.5 Å². The summed E-state index contributed by atoms with van der Waals surface area (Å²) >= 11 is 1.75. The normalized spacial score (nSPS) is 12.0. The Balaban J connectivity index is 1.14. The fourth-order valence-electron chi connectivity index (χ4n) is 8.59. The van der Waals surface area contributed by atoms with Crippen LogP contribution in [-0.2, 0) is 0 Å². The van der Waals surface area contributed by atoms with Crippen LogP contribution < -0.4 is 0 Å². The van der Waals surface area contributed by atoms with E-state index < -0.39 is 0 Å². The summed E-state index contributed by atoms with van der Waals surface area (Å²) in [6, 6.07) is 62.4. The molecule has 4 nitrogen and oxygen atoms in total. The van der Waals surface area contributed by atoms with Crippen LogP contribution in [0.3, 0.4) is 0 Å². The van der Waals surface area contributed by atoms with E-state index in [0.29, 0.717) is 5.82 Å². The summed E-state index contributed by atoms with van der Waals surface area (Å²) in [5.74, 6) is 0.685. The average molecular weight is 720 g/mol. The molecule has 0 spiro atoms. The molecule has 12 rings (SSSR count). The third kappa shape index (κ3) is 4.51. The van der Waals surface area contributed by atoms with E-state index in [4.69, 9.17) is 14.4 Å². The Bertz CT molecular complexity index is 3490. The van der Waals surface area contributed by atoms with E-state index in [1.165, 1.54) is 42.9 Å². The minimum absolute atomic E-state index is 0.685. The van der Waals surface area contributed by atoms with Crippen LogP contribution in [0.15, 0.2) is 180 Å². The van der Waals surface area contributed by atoms with Crippen molar-refractivity contribution in [3.05, 3.63) is 176 Å². The topological polar surface area (TPSA) is 43.9 Å². The van der Waals surface area contributed by atoms with E-state index in [-0.39, 0.29) is 0 Å². The van der Waals surface area contributed by atoms with Crippen LogP contribution in [-0.4, -0.2) is 14.5 Å². The summed E-state index contributed by atoms with van der Waals surface area (Å²) in [5.41, 5.74) is 11.4. The van der Waals surface area contributed by atoms with Crippen LogP contribution >= 0.6 is 11.3 Å². The molecule has 4 aromatic heterocycles. The summed E-state index contributed by atoms with van der Waals surface area (Å²) in [6.07, 6.45) is 0. The SMILES string of the molecule is c1ccc(-c2cc3c4ccccc4n(-c4ccc5oc6cccc(-c7nc(-c8ccccc8)c8sc9ccccc9c8n7)c6c5c4)c3c3ccccc23)cc1. The highest BCUT2D eigenvalue weighted by Crippen LogP contribution is 2.44. The Morgan fingerprint density at radius 3 is 2.02 bits per heavy atom. The Hall–Kier alpha value is -7.08. The van der Waals surface area contributed by atoms with Gasteiger partial charge in [0.1, 0.15) is 11.2 Å². The van der Waals surface area contributed by atoms with Crippen molar-refractivity contribution in [3.8, 4) is 39.5 Å². The van der Waals surface area contributed by atoms with Crippen LogP contribution in [0, 0.1) is 0 Å². The number of hydrogen-bond donors (Lipinski definition) is 0. The number of furan rings is 1. The maximum Gasteiger partial charge on any atom is 0.161 e. The summed E-state index contributed by atoms with van der Waals surface area (Å²) in [7, 11) is 0. The Morgan fingerprint density at radius 1 is 0.473 bits per heavy atom. The van der Waals surface area contributed by atoms with Gasteiger partial charge in [-0.2, -0.15) is 0 Å². The first-order chi connectivity index (χ1) is 27.3. The molecular formula is C50H29N3OS. The van der Waals surface area contributed by atoms with E-state index in [2.05, 4.69) is 162 Å². The molecule has 256 valence electrons. The van der Waals surface area contributed by atoms with Crippen molar-refractivity contribution in [3.63, 3.8) is 0 Å². The van der Waals surface area contributed by atoms with Gasteiger partial charge in [-0.25, -0.2) is 9.97 Å². The van der Waals surface area contributed by atoms with Gasteiger partial charge in [0.25, 0.3) is 0 Å². The van der Waals surface area contributed by atoms with Gasteiger partial charge in [0, 0.05) is 53.8 Å². The lowest BCUT2D eigenvalue weighted by molar-refractivity contribution is 0.669. The zero-order valence-electron chi connectivity index (χ0n) is 29.4. The van der Waals surface area contributed by atoms with Crippen LogP contribution in [0.1, 0.15) is 0 Å². The number of nitrogens with zero attached hydrogens (tertiary/aromatic N) is 3. The first-order valence-corrected chi connectivity index (χ1v) is 19.3. The largest absolute Gasteiger partial charge is 0.456 e. The molecule has 5 heteroatoms. The number of hydrogen-bond acceptors (Lipinski definition) is 4. The van der Waals surface area contributed by atoms with E-state index in [0.717, 1.165) is 65.6 Å². The van der Waals surface area contributed by atoms with Crippen LogP contribution in [0.25, 0.3) is 114 Å². The standard InChI is InChI=1S/C50H29N3OS/c1-3-14-30(15-4-1)38-29-39-34-19-9-11-23-41(34)53(48(39)35-20-8-7-18-33(35)38)32-26-27-42-40(28-32)45-37(22-13-24-43(45)54-42)50-51-46(31-16-5-2-6-17-31)49-47(52-50)36-21-10-12-25-44(36)55-49/h1-29H. The minimum Gasteiger partial charge on any atom is -0.456 e. The van der Waals surface area contributed by atoms with Crippen LogP contribution in [0.2, 0.25) is 0 Å².